The van der Waals surface area contributed by atoms with Crippen molar-refractivity contribution >= 4 is 28.3 Å². The van der Waals surface area contributed by atoms with Gasteiger partial charge in [-0.2, -0.15) is 0 Å². The summed E-state index contributed by atoms with van der Waals surface area (Å²) in [6.07, 6.45) is 4.57. The zero-order valence-corrected chi connectivity index (χ0v) is 16.5. The molecule has 0 bridgehead atoms. The van der Waals surface area contributed by atoms with Gasteiger partial charge in [0.25, 0.3) is 5.91 Å². The predicted octanol–water partition coefficient (Wildman–Crippen LogP) is 3.11. The zero-order chi connectivity index (χ0) is 19.7. The molecule has 0 saturated carbocycles. The second-order valence-corrected chi connectivity index (χ2v) is 7.81. The molecule has 0 fully saturated rings. The summed E-state index contributed by atoms with van der Waals surface area (Å²) in [4.78, 5) is 32.1. The number of rotatable bonds is 5. The van der Waals surface area contributed by atoms with Gasteiger partial charge in [-0.15, -0.1) is 0 Å². The third-order valence-electron chi connectivity index (χ3n) is 4.86. The van der Waals surface area contributed by atoms with Crippen LogP contribution < -0.4 is 5.32 Å². The highest BCUT2D eigenvalue weighted by atomic mass is 32.1. The fourth-order valence-corrected chi connectivity index (χ4v) is 4.29. The lowest BCUT2D eigenvalue weighted by Gasteiger charge is -2.26. The van der Waals surface area contributed by atoms with Gasteiger partial charge in [0.05, 0.1) is 29.8 Å². The largest absolute Gasteiger partial charge is 0.472 e. The van der Waals surface area contributed by atoms with Gasteiger partial charge in [-0.1, -0.05) is 16.5 Å². The quantitative estimate of drug-likeness (QED) is 0.706. The minimum atomic E-state index is -0.257. The average Bonchev–Trinajstić information content (AvgIpc) is 3.40. The lowest BCUT2D eigenvalue weighted by atomic mass is 10.1. The summed E-state index contributed by atoms with van der Waals surface area (Å²) in [6, 6.07) is 1.60. The van der Waals surface area contributed by atoms with Crippen molar-refractivity contribution in [3.63, 3.8) is 0 Å². The van der Waals surface area contributed by atoms with Crippen molar-refractivity contribution in [2.45, 2.75) is 39.7 Å². The maximum Gasteiger partial charge on any atom is 0.260 e. The second-order valence-electron chi connectivity index (χ2n) is 6.72. The number of nitrogens with one attached hydrogen (secondary N) is 1. The van der Waals surface area contributed by atoms with E-state index in [1.807, 2.05) is 18.7 Å². The SMILES string of the molecule is Cc1noc(C)c1CCC(=O)N1CCc2nc(NC(=O)c3ccoc3)sc2C1. The number of anilines is 1. The molecule has 0 aromatic carbocycles. The van der Waals surface area contributed by atoms with Crippen LogP contribution in [0.4, 0.5) is 5.13 Å². The third kappa shape index (κ3) is 3.70. The predicted molar refractivity (Wildman–Crippen MR) is 102 cm³/mol. The Hall–Kier alpha value is -2.94. The van der Waals surface area contributed by atoms with Crippen molar-refractivity contribution in [2.75, 3.05) is 11.9 Å². The molecular weight excluding hydrogens is 380 g/mol. The van der Waals surface area contributed by atoms with Gasteiger partial charge in [-0.25, -0.2) is 4.98 Å². The average molecular weight is 400 g/mol. The molecular formula is C19H20N4O4S. The monoisotopic (exact) mass is 400 g/mol. The van der Waals surface area contributed by atoms with E-state index in [4.69, 9.17) is 8.94 Å². The number of hydrogen-bond acceptors (Lipinski definition) is 7. The van der Waals surface area contributed by atoms with E-state index in [1.165, 1.54) is 23.9 Å². The van der Waals surface area contributed by atoms with Crippen LogP contribution in [-0.4, -0.2) is 33.4 Å². The Labute approximate surface area is 165 Å². The summed E-state index contributed by atoms with van der Waals surface area (Å²) in [5.74, 6) is 0.613. The highest BCUT2D eigenvalue weighted by molar-refractivity contribution is 7.15. The van der Waals surface area contributed by atoms with Crippen LogP contribution in [0.5, 0.6) is 0 Å². The van der Waals surface area contributed by atoms with Crippen LogP contribution in [0.1, 0.15) is 44.4 Å². The Morgan fingerprint density at radius 1 is 1.36 bits per heavy atom. The minimum absolute atomic E-state index is 0.100. The summed E-state index contributed by atoms with van der Waals surface area (Å²) in [7, 11) is 0. The van der Waals surface area contributed by atoms with Crippen molar-refractivity contribution in [3.05, 3.63) is 51.7 Å². The van der Waals surface area contributed by atoms with Crippen molar-refractivity contribution in [1.29, 1.82) is 0 Å². The van der Waals surface area contributed by atoms with E-state index in [2.05, 4.69) is 15.5 Å². The van der Waals surface area contributed by atoms with Crippen LogP contribution in [0.2, 0.25) is 0 Å². The van der Waals surface area contributed by atoms with Crippen molar-refractivity contribution in [2.24, 2.45) is 0 Å². The molecule has 0 aliphatic carbocycles. The lowest BCUT2D eigenvalue weighted by Crippen LogP contribution is -2.35. The maximum atomic E-state index is 12.6. The fraction of sp³-hybridized carbons (Fsp3) is 0.368. The topological polar surface area (TPSA) is 101 Å². The third-order valence-corrected chi connectivity index (χ3v) is 5.86. The number of amides is 2. The molecule has 0 unspecified atom stereocenters. The van der Waals surface area contributed by atoms with Crippen LogP contribution >= 0.6 is 11.3 Å². The molecule has 3 aromatic heterocycles. The Balaban J connectivity index is 1.37. The van der Waals surface area contributed by atoms with Crippen LogP contribution in [0.15, 0.2) is 27.5 Å². The number of carbonyl (C=O) groups excluding carboxylic acids is 2. The number of thiazole rings is 1. The Bertz CT molecular complexity index is 986. The standard InChI is InChI=1S/C19H20N4O4S/c1-11-14(12(2)27-22-11)3-4-17(24)23-7-5-15-16(9-23)28-19(20-15)21-18(25)13-6-8-26-10-13/h6,8,10H,3-5,7,9H2,1-2H3,(H,20,21,25). The normalized spacial score (nSPS) is 13.4. The summed E-state index contributed by atoms with van der Waals surface area (Å²) in [5.41, 5.74) is 3.24. The molecule has 1 aliphatic rings. The van der Waals surface area contributed by atoms with E-state index < -0.39 is 0 Å². The Kier molecular flexibility index (Phi) is 4.99. The Morgan fingerprint density at radius 3 is 2.93 bits per heavy atom. The molecule has 0 spiro atoms. The first-order chi connectivity index (χ1) is 13.5. The Morgan fingerprint density at radius 2 is 2.21 bits per heavy atom. The minimum Gasteiger partial charge on any atom is -0.472 e. The molecule has 1 N–H and O–H groups in total. The van der Waals surface area contributed by atoms with Crippen molar-refractivity contribution in [3.8, 4) is 0 Å². The number of hydrogen-bond donors (Lipinski definition) is 1. The van der Waals surface area contributed by atoms with Crippen LogP contribution in [0.3, 0.4) is 0 Å². The van der Waals surface area contributed by atoms with Gasteiger partial charge in [0.15, 0.2) is 5.13 Å². The number of aromatic nitrogens is 2. The first-order valence-electron chi connectivity index (χ1n) is 9.03. The molecule has 8 nitrogen and oxygen atoms in total. The summed E-state index contributed by atoms with van der Waals surface area (Å²) in [5, 5.41) is 7.27. The van der Waals surface area contributed by atoms with E-state index in [-0.39, 0.29) is 11.8 Å². The molecule has 4 heterocycles. The highest BCUT2D eigenvalue weighted by Gasteiger charge is 2.25. The van der Waals surface area contributed by atoms with Gasteiger partial charge in [-0.05, 0) is 26.3 Å². The molecule has 4 rings (SSSR count). The molecule has 146 valence electrons. The smallest absolute Gasteiger partial charge is 0.260 e. The molecule has 0 saturated heterocycles. The molecule has 28 heavy (non-hydrogen) atoms. The van der Waals surface area contributed by atoms with Gasteiger partial charge >= 0.3 is 0 Å². The van der Waals surface area contributed by atoms with E-state index in [0.717, 1.165) is 27.6 Å². The molecule has 2 amide bonds. The lowest BCUT2D eigenvalue weighted by molar-refractivity contribution is -0.132. The molecule has 0 atom stereocenters. The fourth-order valence-electron chi connectivity index (χ4n) is 3.27. The van der Waals surface area contributed by atoms with E-state index in [0.29, 0.717) is 43.0 Å². The van der Waals surface area contributed by atoms with Crippen molar-refractivity contribution in [1.82, 2.24) is 15.0 Å². The number of nitrogens with zero attached hydrogens (tertiary/aromatic N) is 3. The highest BCUT2D eigenvalue weighted by Crippen LogP contribution is 2.29. The van der Waals surface area contributed by atoms with Gasteiger partial charge in [0.1, 0.15) is 12.0 Å². The summed E-state index contributed by atoms with van der Waals surface area (Å²) in [6.45, 7) is 4.91. The number of furan rings is 1. The second kappa shape index (κ2) is 7.59. The molecule has 3 aromatic rings. The van der Waals surface area contributed by atoms with Gasteiger partial charge in [0.2, 0.25) is 5.91 Å². The first kappa shape index (κ1) is 18.4. The van der Waals surface area contributed by atoms with Crippen LogP contribution in [0, 0.1) is 13.8 Å². The van der Waals surface area contributed by atoms with Crippen LogP contribution in [-0.2, 0) is 24.2 Å². The van der Waals surface area contributed by atoms with Crippen molar-refractivity contribution < 1.29 is 18.5 Å². The van der Waals surface area contributed by atoms with E-state index in [9.17, 15) is 9.59 Å². The van der Waals surface area contributed by atoms with Gasteiger partial charge < -0.3 is 13.8 Å². The number of fused-ring (bicyclic) bond motifs is 1. The summed E-state index contributed by atoms with van der Waals surface area (Å²) < 4.78 is 10.1. The molecule has 0 radical (unpaired) electrons. The van der Waals surface area contributed by atoms with Crippen LogP contribution in [0.25, 0.3) is 0 Å². The number of carbonyl (C=O) groups is 2. The van der Waals surface area contributed by atoms with Gasteiger partial charge in [0, 0.05) is 29.8 Å². The zero-order valence-electron chi connectivity index (χ0n) is 15.7. The molecule has 9 heteroatoms. The van der Waals surface area contributed by atoms with E-state index in [1.54, 1.807) is 6.07 Å². The first-order valence-corrected chi connectivity index (χ1v) is 9.84. The summed E-state index contributed by atoms with van der Waals surface area (Å²) >= 11 is 1.41. The number of aryl methyl sites for hydroxylation is 2. The maximum absolute atomic E-state index is 12.6. The van der Waals surface area contributed by atoms with E-state index >= 15 is 0 Å². The molecule has 1 aliphatic heterocycles. The van der Waals surface area contributed by atoms with Gasteiger partial charge in [-0.3, -0.25) is 14.9 Å².